The van der Waals surface area contributed by atoms with Gasteiger partial charge in [0.25, 0.3) is 0 Å². The van der Waals surface area contributed by atoms with Crippen molar-refractivity contribution in [2.45, 2.75) is 24.5 Å². The first kappa shape index (κ1) is 18.8. The third-order valence-electron chi connectivity index (χ3n) is 4.03. The third-order valence-corrected chi connectivity index (χ3v) is 7.19. The molecule has 7 nitrogen and oxygen atoms in total. The molecule has 1 atom stereocenters. The molecule has 0 unspecified atom stereocenters. The average molecular weight is 423 g/mol. The number of sulfone groups is 1. The number of amides is 1. The van der Waals surface area contributed by atoms with Gasteiger partial charge in [-0.1, -0.05) is 35.0 Å². The van der Waals surface area contributed by atoms with Crippen molar-refractivity contribution in [3.8, 4) is 0 Å². The topological polar surface area (TPSA) is 84.6 Å². The van der Waals surface area contributed by atoms with Crippen LogP contribution in [-0.4, -0.2) is 63.7 Å². The predicted octanol–water partition coefficient (Wildman–Crippen LogP) is 2.16. The van der Waals surface area contributed by atoms with E-state index >= 15 is 0 Å². The molecule has 1 saturated heterocycles. The summed E-state index contributed by atoms with van der Waals surface area (Å²) >= 11 is 13.3. The number of aromatic nitrogens is 3. The van der Waals surface area contributed by atoms with E-state index in [1.807, 2.05) is 6.92 Å². The van der Waals surface area contributed by atoms with Gasteiger partial charge in [0.05, 0.1) is 27.3 Å². The first-order chi connectivity index (χ1) is 11.8. The highest BCUT2D eigenvalue weighted by Gasteiger charge is 2.33. The van der Waals surface area contributed by atoms with E-state index in [2.05, 4.69) is 10.2 Å². The van der Waals surface area contributed by atoms with Crippen LogP contribution in [0.15, 0.2) is 17.4 Å². The van der Waals surface area contributed by atoms with Gasteiger partial charge in [-0.15, -0.1) is 10.2 Å². The summed E-state index contributed by atoms with van der Waals surface area (Å²) in [5.74, 6) is 0.186. The van der Waals surface area contributed by atoms with E-state index in [1.165, 1.54) is 11.8 Å². The highest BCUT2D eigenvalue weighted by atomic mass is 35.5. The SMILES string of the molecule is CCN(C(=O)CSc1nnc2c(Cl)cc(Cl)cn12)[C@H]1CCS(=O)(=O)C1. The van der Waals surface area contributed by atoms with Crippen molar-refractivity contribution in [2.75, 3.05) is 23.8 Å². The van der Waals surface area contributed by atoms with Crippen LogP contribution in [0, 0.1) is 0 Å². The Kier molecular flexibility index (Phi) is 5.48. The highest BCUT2D eigenvalue weighted by molar-refractivity contribution is 7.99. The number of thioether (sulfide) groups is 1. The molecule has 1 fully saturated rings. The molecule has 0 aliphatic carbocycles. The zero-order chi connectivity index (χ0) is 18.2. The molecule has 136 valence electrons. The minimum absolute atomic E-state index is 0.0380. The number of fused-ring (bicyclic) bond motifs is 1. The number of rotatable bonds is 5. The van der Waals surface area contributed by atoms with Crippen LogP contribution in [-0.2, 0) is 14.6 Å². The maximum Gasteiger partial charge on any atom is 0.233 e. The van der Waals surface area contributed by atoms with Gasteiger partial charge in [-0.25, -0.2) is 8.42 Å². The van der Waals surface area contributed by atoms with E-state index < -0.39 is 9.84 Å². The van der Waals surface area contributed by atoms with E-state index in [0.717, 1.165) is 0 Å². The first-order valence-corrected chi connectivity index (χ1v) is 11.2. The minimum atomic E-state index is -3.04. The van der Waals surface area contributed by atoms with Crippen molar-refractivity contribution in [1.29, 1.82) is 0 Å². The summed E-state index contributed by atoms with van der Waals surface area (Å²) in [6.07, 6.45) is 2.13. The normalized spacial score (nSPS) is 19.4. The standard InChI is InChI=1S/C14H16Cl2N4O3S2/c1-2-19(10-3-4-25(22,23)8-10)12(21)7-24-14-18-17-13-11(16)5-9(15)6-20(13)14/h5-6,10H,2-4,7-8H2,1H3/t10-/m0/s1. The van der Waals surface area contributed by atoms with Crippen LogP contribution in [0.2, 0.25) is 10.0 Å². The largest absolute Gasteiger partial charge is 0.338 e. The lowest BCUT2D eigenvalue weighted by Gasteiger charge is -2.26. The molecule has 1 aliphatic heterocycles. The van der Waals surface area contributed by atoms with Gasteiger partial charge in [0.15, 0.2) is 20.6 Å². The molecule has 0 radical (unpaired) electrons. The van der Waals surface area contributed by atoms with Crippen LogP contribution in [0.5, 0.6) is 0 Å². The van der Waals surface area contributed by atoms with Gasteiger partial charge >= 0.3 is 0 Å². The lowest BCUT2D eigenvalue weighted by Crippen LogP contribution is -2.41. The van der Waals surface area contributed by atoms with Gasteiger partial charge < -0.3 is 4.90 Å². The summed E-state index contributed by atoms with van der Waals surface area (Å²) < 4.78 is 24.9. The summed E-state index contributed by atoms with van der Waals surface area (Å²) in [6.45, 7) is 2.32. The van der Waals surface area contributed by atoms with Crippen molar-refractivity contribution < 1.29 is 13.2 Å². The molecule has 3 rings (SSSR count). The molecule has 1 amide bonds. The molecule has 0 bridgehead atoms. The van der Waals surface area contributed by atoms with E-state index in [9.17, 15) is 13.2 Å². The number of halogens is 2. The van der Waals surface area contributed by atoms with Crippen LogP contribution in [0.4, 0.5) is 0 Å². The second-order valence-corrected chi connectivity index (χ2v) is 9.72. The van der Waals surface area contributed by atoms with Gasteiger partial charge in [0.1, 0.15) is 0 Å². The maximum absolute atomic E-state index is 12.5. The van der Waals surface area contributed by atoms with Crippen molar-refractivity contribution >= 4 is 56.4 Å². The molecular formula is C14H16Cl2N4O3S2. The predicted molar refractivity (Wildman–Crippen MR) is 98.2 cm³/mol. The monoisotopic (exact) mass is 422 g/mol. The van der Waals surface area contributed by atoms with Gasteiger partial charge in [-0.3, -0.25) is 9.20 Å². The Bertz CT molecular complexity index is 916. The van der Waals surface area contributed by atoms with Crippen molar-refractivity contribution in [1.82, 2.24) is 19.5 Å². The van der Waals surface area contributed by atoms with Crippen molar-refractivity contribution in [3.05, 3.63) is 22.3 Å². The van der Waals surface area contributed by atoms with Crippen LogP contribution in [0.1, 0.15) is 13.3 Å². The van der Waals surface area contributed by atoms with Crippen LogP contribution in [0.3, 0.4) is 0 Å². The lowest BCUT2D eigenvalue weighted by molar-refractivity contribution is -0.129. The zero-order valence-corrected chi connectivity index (χ0v) is 16.5. The van der Waals surface area contributed by atoms with Gasteiger partial charge in [-0.05, 0) is 19.4 Å². The molecular weight excluding hydrogens is 407 g/mol. The summed E-state index contributed by atoms with van der Waals surface area (Å²) in [7, 11) is -3.04. The number of hydrogen-bond acceptors (Lipinski definition) is 6. The van der Waals surface area contributed by atoms with Gasteiger partial charge in [0, 0.05) is 18.8 Å². The molecule has 0 N–H and O–H groups in total. The Balaban J connectivity index is 1.71. The first-order valence-electron chi connectivity index (χ1n) is 7.63. The minimum Gasteiger partial charge on any atom is -0.338 e. The summed E-state index contributed by atoms with van der Waals surface area (Å²) in [5, 5.41) is 9.36. The molecule has 2 aromatic rings. The Morgan fingerprint density at radius 1 is 1.44 bits per heavy atom. The summed E-state index contributed by atoms with van der Waals surface area (Å²) in [5.41, 5.74) is 0.468. The van der Waals surface area contributed by atoms with Crippen LogP contribution < -0.4 is 0 Å². The van der Waals surface area contributed by atoms with Crippen molar-refractivity contribution in [3.63, 3.8) is 0 Å². The van der Waals surface area contributed by atoms with Gasteiger partial charge in [0.2, 0.25) is 5.91 Å². The zero-order valence-electron chi connectivity index (χ0n) is 13.4. The van der Waals surface area contributed by atoms with Crippen LogP contribution >= 0.6 is 35.0 Å². The van der Waals surface area contributed by atoms with Crippen LogP contribution in [0.25, 0.3) is 5.65 Å². The molecule has 1 aliphatic rings. The Morgan fingerprint density at radius 3 is 2.84 bits per heavy atom. The van der Waals surface area contributed by atoms with E-state index in [4.69, 9.17) is 23.2 Å². The van der Waals surface area contributed by atoms with Crippen molar-refractivity contribution in [2.24, 2.45) is 0 Å². The Morgan fingerprint density at radius 2 is 2.20 bits per heavy atom. The molecule has 25 heavy (non-hydrogen) atoms. The summed E-state index contributed by atoms with van der Waals surface area (Å²) in [6, 6.07) is 1.33. The fourth-order valence-electron chi connectivity index (χ4n) is 2.87. The van der Waals surface area contributed by atoms with Gasteiger partial charge in [-0.2, -0.15) is 0 Å². The number of carbonyl (C=O) groups is 1. The molecule has 0 saturated carbocycles. The second-order valence-electron chi connectivity index (χ2n) is 5.71. The second kappa shape index (κ2) is 7.30. The molecule has 0 aromatic carbocycles. The Hall–Kier alpha value is -1.03. The van der Waals surface area contributed by atoms with E-state index in [-0.39, 0.29) is 29.2 Å². The molecule has 0 spiro atoms. The third kappa shape index (κ3) is 4.05. The average Bonchev–Trinajstić information content (AvgIpc) is 3.09. The van der Waals surface area contributed by atoms with E-state index in [1.54, 1.807) is 21.6 Å². The summed E-state index contributed by atoms with van der Waals surface area (Å²) in [4.78, 5) is 14.2. The number of carbonyl (C=O) groups excluding carboxylic acids is 1. The fourth-order valence-corrected chi connectivity index (χ4v) is 5.90. The molecule has 2 aromatic heterocycles. The molecule has 3 heterocycles. The Labute approximate surface area is 159 Å². The highest BCUT2D eigenvalue weighted by Crippen LogP contribution is 2.26. The number of hydrogen-bond donors (Lipinski definition) is 0. The van der Waals surface area contributed by atoms with E-state index in [0.29, 0.717) is 33.8 Å². The maximum atomic E-state index is 12.5. The quantitative estimate of drug-likeness (QED) is 0.686. The lowest BCUT2D eigenvalue weighted by atomic mass is 10.2. The fraction of sp³-hybridized carbons (Fsp3) is 0.500. The smallest absolute Gasteiger partial charge is 0.233 e. The number of pyridine rings is 1. The molecule has 11 heteroatoms. The number of nitrogens with zero attached hydrogens (tertiary/aromatic N) is 4.